The zero-order valence-corrected chi connectivity index (χ0v) is 16.9. The van der Waals surface area contributed by atoms with Crippen LogP contribution in [-0.4, -0.2) is 59.9 Å². The molecule has 2 amide bonds. The maximum atomic E-state index is 14.0. The summed E-state index contributed by atoms with van der Waals surface area (Å²) in [6.07, 6.45) is 6.48. The van der Waals surface area contributed by atoms with E-state index in [1.165, 1.54) is 31.5 Å². The quantitative estimate of drug-likeness (QED) is 0.828. The summed E-state index contributed by atoms with van der Waals surface area (Å²) in [4.78, 5) is 30.1. The molecule has 1 aromatic carbocycles. The van der Waals surface area contributed by atoms with Gasteiger partial charge in [-0.25, -0.2) is 4.39 Å². The number of carbonyl (C=O) groups excluding carboxylic acids is 2. The summed E-state index contributed by atoms with van der Waals surface area (Å²) in [6.45, 7) is 3.70. The Bertz CT molecular complexity index is 796. The molecule has 4 atom stereocenters. The molecule has 0 radical (unpaired) electrons. The topological polar surface area (TPSA) is 52.7 Å². The number of likely N-dealkylation sites (tertiary alicyclic amines) is 1. The predicted octanol–water partition coefficient (Wildman–Crippen LogP) is 2.67. The van der Waals surface area contributed by atoms with Crippen LogP contribution in [0.25, 0.3) is 0 Å². The van der Waals surface area contributed by atoms with Gasteiger partial charge in [0.25, 0.3) is 5.91 Å². The highest BCUT2D eigenvalue weighted by Gasteiger charge is 2.49. The molecule has 3 aliphatic heterocycles. The smallest absolute Gasteiger partial charge is 0.254 e. The molecule has 3 heterocycles. The maximum Gasteiger partial charge on any atom is 0.254 e. The van der Waals surface area contributed by atoms with Crippen LogP contribution in [-0.2, 0) is 4.79 Å². The van der Waals surface area contributed by atoms with Crippen LogP contribution in [0.4, 0.5) is 4.39 Å². The summed E-state index contributed by atoms with van der Waals surface area (Å²) < 4.78 is 14.0. The Balaban J connectivity index is 1.33. The standard InChI is InChI=1S/C23H30FN3O2/c24-19-5-2-1-4-18(19)23(29)25-11-21-17-10-16(13-26(14-17)12-15-8-9-15)20-6-3-7-22(28)27(20)21/h1-2,4-5,15-17,20-21H,3,6-14H2,(H,25,29)/t16-,17+,20+,21+/m1/s1. The molecular weight excluding hydrogens is 369 g/mol. The molecule has 1 aliphatic carbocycles. The minimum Gasteiger partial charge on any atom is -0.350 e. The molecule has 2 bridgehead atoms. The van der Waals surface area contributed by atoms with Gasteiger partial charge in [-0.2, -0.15) is 0 Å². The number of amides is 2. The van der Waals surface area contributed by atoms with Crippen molar-refractivity contribution in [3.05, 3.63) is 35.6 Å². The molecule has 1 saturated carbocycles. The van der Waals surface area contributed by atoms with Gasteiger partial charge in [0.15, 0.2) is 0 Å². The van der Waals surface area contributed by atoms with Gasteiger partial charge in [0.2, 0.25) is 5.91 Å². The van der Waals surface area contributed by atoms with Crippen LogP contribution in [0, 0.1) is 23.6 Å². The third kappa shape index (κ3) is 3.79. The summed E-state index contributed by atoms with van der Waals surface area (Å²) in [6, 6.07) is 6.38. The number of hydrogen-bond acceptors (Lipinski definition) is 3. The summed E-state index contributed by atoms with van der Waals surface area (Å²) in [7, 11) is 0. The molecule has 5 nitrogen and oxygen atoms in total. The Kier molecular flexibility index (Phi) is 5.06. The summed E-state index contributed by atoms with van der Waals surface area (Å²) in [5, 5.41) is 2.94. The minimum absolute atomic E-state index is 0.0155. The van der Waals surface area contributed by atoms with E-state index in [-0.39, 0.29) is 17.5 Å². The van der Waals surface area contributed by atoms with E-state index >= 15 is 0 Å². The molecule has 6 heteroatoms. The van der Waals surface area contributed by atoms with E-state index < -0.39 is 11.7 Å². The van der Waals surface area contributed by atoms with Gasteiger partial charge in [0, 0.05) is 38.6 Å². The maximum absolute atomic E-state index is 14.0. The third-order valence-corrected chi connectivity index (χ3v) is 7.38. The van der Waals surface area contributed by atoms with Crippen LogP contribution in [0.3, 0.4) is 0 Å². The lowest BCUT2D eigenvalue weighted by molar-refractivity contribution is -0.152. The number of benzene rings is 1. The van der Waals surface area contributed by atoms with Crippen molar-refractivity contribution in [2.45, 2.75) is 50.6 Å². The van der Waals surface area contributed by atoms with E-state index in [9.17, 15) is 14.0 Å². The van der Waals surface area contributed by atoms with Crippen molar-refractivity contribution in [2.24, 2.45) is 17.8 Å². The van der Waals surface area contributed by atoms with E-state index in [1.807, 2.05) is 0 Å². The number of carbonyl (C=O) groups is 2. The fraction of sp³-hybridized carbons (Fsp3) is 0.652. The number of fused-ring (bicyclic) bond motifs is 4. The van der Waals surface area contributed by atoms with Gasteiger partial charge in [-0.3, -0.25) is 9.59 Å². The molecule has 0 aromatic heterocycles. The number of rotatable bonds is 5. The van der Waals surface area contributed by atoms with E-state index in [1.54, 1.807) is 12.1 Å². The number of halogens is 1. The zero-order valence-electron chi connectivity index (χ0n) is 16.9. The molecule has 0 unspecified atom stereocenters. The largest absolute Gasteiger partial charge is 0.350 e. The highest BCUT2D eigenvalue weighted by molar-refractivity contribution is 5.94. The van der Waals surface area contributed by atoms with Gasteiger partial charge in [0.1, 0.15) is 5.82 Å². The number of nitrogens with zero attached hydrogens (tertiary/aromatic N) is 2. The molecule has 156 valence electrons. The summed E-state index contributed by atoms with van der Waals surface area (Å²) in [5.41, 5.74) is 0.0710. The second-order valence-electron chi connectivity index (χ2n) is 9.44. The minimum atomic E-state index is -0.506. The molecule has 1 N–H and O–H groups in total. The Hall–Kier alpha value is -1.95. The average molecular weight is 400 g/mol. The second-order valence-corrected chi connectivity index (χ2v) is 9.44. The first-order chi connectivity index (χ1) is 14.1. The molecule has 4 aliphatic rings. The van der Waals surface area contributed by atoms with Crippen LogP contribution in [0.2, 0.25) is 0 Å². The predicted molar refractivity (Wildman–Crippen MR) is 108 cm³/mol. The fourth-order valence-corrected chi connectivity index (χ4v) is 5.89. The number of piperidine rings is 3. The Labute approximate surface area is 171 Å². The zero-order chi connectivity index (χ0) is 20.0. The van der Waals surface area contributed by atoms with Crippen molar-refractivity contribution in [2.75, 3.05) is 26.2 Å². The van der Waals surface area contributed by atoms with Gasteiger partial charge in [-0.05, 0) is 62.0 Å². The van der Waals surface area contributed by atoms with Crippen LogP contribution < -0.4 is 5.32 Å². The van der Waals surface area contributed by atoms with Gasteiger partial charge < -0.3 is 15.1 Å². The van der Waals surface area contributed by atoms with E-state index in [4.69, 9.17) is 0 Å². The van der Waals surface area contributed by atoms with Crippen LogP contribution in [0.1, 0.15) is 48.9 Å². The highest BCUT2D eigenvalue weighted by Crippen LogP contribution is 2.42. The van der Waals surface area contributed by atoms with Crippen LogP contribution in [0.5, 0.6) is 0 Å². The second kappa shape index (κ2) is 7.71. The molecular formula is C23H30FN3O2. The first kappa shape index (κ1) is 19.0. The van der Waals surface area contributed by atoms with Gasteiger partial charge in [0.05, 0.1) is 11.6 Å². The van der Waals surface area contributed by atoms with E-state index in [2.05, 4.69) is 15.1 Å². The Morgan fingerprint density at radius 3 is 2.72 bits per heavy atom. The summed E-state index contributed by atoms with van der Waals surface area (Å²) in [5.74, 6) is 1.13. The number of nitrogens with one attached hydrogen (secondary N) is 1. The van der Waals surface area contributed by atoms with Crippen LogP contribution >= 0.6 is 0 Å². The van der Waals surface area contributed by atoms with Crippen molar-refractivity contribution in [1.82, 2.24) is 15.1 Å². The first-order valence-electron chi connectivity index (χ1n) is 11.2. The first-order valence-corrected chi connectivity index (χ1v) is 11.2. The number of hydrogen-bond donors (Lipinski definition) is 1. The highest BCUT2D eigenvalue weighted by atomic mass is 19.1. The van der Waals surface area contributed by atoms with Gasteiger partial charge >= 0.3 is 0 Å². The Morgan fingerprint density at radius 1 is 1.14 bits per heavy atom. The van der Waals surface area contributed by atoms with E-state index in [0.29, 0.717) is 30.8 Å². The Morgan fingerprint density at radius 2 is 1.93 bits per heavy atom. The fourth-order valence-electron chi connectivity index (χ4n) is 5.89. The molecule has 5 rings (SSSR count). The monoisotopic (exact) mass is 399 g/mol. The van der Waals surface area contributed by atoms with Gasteiger partial charge in [-0.15, -0.1) is 0 Å². The normalized spacial score (nSPS) is 32.0. The van der Waals surface area contributed by atoms with Crippen LogP contribution in [0.15, 0.2) is 24.3 Å². The van der Waals surface area contributed by atoms with Crippen molar-refractivity contribution < 1.29 is 14.0 Å². The van der Waals surface area contributed by atoms with Crippen molar-refractivity contribution in [3.8, 4) is 0 Å². The van der Waals surface area contributed by atoms with Crippen molar-refractivity contribution in [1.29, 1.82) is 0 Å². The third-order valence-electron chi connectivity index (χ3n) is 7.38. The van der Waals surface area contributed by atoms with Crippen molar-refractivity contribution in [3.63, 3.8) is 0 Å². The molecule has 4 fully saturated rings. The lowest BCUT2D eigenvalue weighted by Gasteiger charge is -2.56. The lowest BCUT2D eigenvalue weighted by Crippen LogP contribution is -2.67. The van der Waals surface area contributed by atoms with E-state index in [0.717, 1.165) is 38.3 Å². The van der Waals surface area contributed by atoms with Crippen molar-refractivity contribution >= 4 is 11.8 Å². The SMILES string of the molecule is O=C(NC[C@H]1[C@H]2C[C@H](CN(CC3CC3)C2)[C@@H]2CCCC(=O)N21)c1ccccc1F. The average Bonchev–Trinajstić information content (AvgIpc) is 3.52. The molecule has 0 spiro atoms. The molecule has 3 saturated heterocycles. The molecule has 29 heavy (non-hydrogen) atoms. The summed E-state index contributed by atoms with van der Waals surface area (Å²) >= 11 is 0. The van der Waals surface area contributed by atoms with Gasteiger partial charge in [-0.1, -0.05) is 12.1 Å². The molecule has 1 aromatic rings. The lowest BCUT2D eigenvalue weighted by atomic mass is 9.72.